The maximum Gasteiger partial charge on any atom is -1.00 e. The van der Waals surface area contributed by atoms with E-state index in [1.54, 1.807) is 24.2 Å². The van der Waals surface area contributed by atoms with Gasteiger partial charge in [-0.25, -0.2) is 6.08 Å². The summed E-state index contributed by atoms with van der Waals surface area (Å²) in [5.41, 5.74) is 3.45. The van der Waals surface area contributed by atoms with Crippen molar-refractivity contribution in [3.8, 4) is 0 Å². The maximum atomic E-state index is 3.26. The minimum absolute atomic E-state index is 0. The number of hydrogen-bond acceptors (Lipinski definition) is 0. The molecule has 0 radical (unpaired) electrons. The van der Waals surface area contributed by atoms with Crippen molar-refractivity contribution in [1.29, 1.82) is 0 Å². The second kappa shape index (κ2) is 12.9. The third-order valence-electron chi connectivity index (χ3n) is 13.8. The van der Waals surface area contributed by atoms with E-state index >= 15 is 0 Å². The third kappa shape index (κ3) is 5.26. The van der Waals surface area contributed by atoms with Crippen molar-refractivity contribution < 1.29 is 49.0 Å². The molecular weight excluding hydrogens is 667 g/mol. The molecule has 45 heavy (non-hydrogen) atoms. The molecular formula is C42H58Cl2Zr-2. The topological polar surface area (TPSA) is 0 Å². The molecule has 0 aromatic carbocycles. The molecule has 0 spiro atoms. The zero-order valence-corrected chi connectivity index (χ0v) is 34.5. The first kappa shape index (κ1) is 40.4. The Hall–Kier alpha value is -0.747. The van der Waals surface area contributed by atoms with E-state index in [1.165, 1.54) is 14.4 Å². The molecule has 0 heterocycles. The molecule has 246 valence electrons. The molecule has 9 unspecified atom stereocenters. The van der Waals surface area contributed by atoms with Crippen LogP contribution in [-0.4, -0.2) is 3.21 Å². The minimum Gasteiger partial charge on any atom is -1.00 e. The van der Waals surface area contributed by atoms with E-state index in [0.29, 0.717) is 17.3 Å². The van der Waals surface area contributed by atoms with Crippen molar-refractivity contribution in [2.24, 2.45) is 55.2 Å². The van der Waals surface area contributed by atoms with Crippen LogP contribution in [0.5, 0.6) is 0 Å². The van der Waals surface area contributed by atoms with Gasteiger partial charge in [-0.05, 0) is 28.6 Å². The van der Waals surface area contributed by atoms with Gasteiger partial charge in [0.1, 0.15) is 0 Å². The van der Waals surface area contributed by atoms with Crippen molar-refractivity contribution in [3.05, 3.63) is 103 Å². The number of fused-ring (bicyclic) bond motifs is 8. The van der Waals surface area contributed by atoms with Gasteiger partial charge in [0.15, 0.2) is 0 Å². The molecule has 2 saturated carbocycles. The van der Waals surface area contributed by atoms with E-state index in [-0.39, 0.29) is 62.7 Å². The molecule has 6 aliphatic carbocycles. The van der Waals surface area contributed by atoms with E-state index in [1.807, 2.05) is 0 Å². The zero-order valence-electron chi connectivity index (χ0n) is 30.5. The minimum atomic E-state index is 0. The summed E-state index contributed by atoms with van der Waals surface area (Å²) < 4.78 is 1.51. The van der Waals surface area contributed by atoms with Crippen LogP contribution in [0.3, 0.4) is 0 Å². The number of halogens is 2. The van der Waals surface area contributed by atoms with E-state index in [2.05, 4.69) is 188 Å². The summed E-state index contributed by atoms with van der Waals surface area (Å²) in [6.07, 6.45) is 36.9. The Balaban J connectivity index is 0.000000371. The predicted octanol–water partition coefficient (Wildman–Crippen LogP) is 5.37. The van der Waals surface area contributed by atoms with Crippen LogP contribution in [-0.2, 0) is 24.2 Å². The normalized spacial score (nSPS) is 44.3. The fourth-order valence-corrected chi connectivity index (χ4v) is 10.3. The summed E-state index contributed by atoms with van der Waals surface area (Å²) in [4.78, 5) is 0. The maximum absolute atomic E-state index is 3.26. The molecule has 9 atom stereocenters. The van der Waals surface area contributed by atoms with Crippen LogP contribution in [0.2, 0.25) is 0 Å². The van der Waals surface area contributed by atoms with Gasteiger partial charge in [-0.3, -0.25) is 6.08 Å². The van der Waals surface area contributed by atoms with Gasteiger partial charge in [-0.15, -0.1) is 17.4 Å². The molecule has 0 nitrogen and oxygen atoms in total. The van der Waals surface area contributed by atoms with Crippen LogP contribution >= 0.6 is 0 Å². The molecule has 0 aromatic heterocycles. The fourth-order valence-electron chi connectivity index (χ4n) is 10.3. The van der Waals surface area contributed by atoms with Crippen LogP contribution in [0.25, 0.3) is 0 Å². The average molecular weight is 725 g/mol. The molecule has 0 amide bonds. The van der Waals surface area contributed by atoms with Crippen LogP contribution in [0.4, 0.5) is 0 Å². The molecule has 0 bridgehead atoms. The number of hydrogen-bond donors (Lipinski definition) is 0. The third-order valence-corrected chi connectivity index (χ3v) is 13.8. The average Bonchev–Trinajstić information content (AvgIpc) is 3.43. The van der Waals surface area contributed by atoms with Gasteiger partial charge in [-0.1, -0.05) is 154 Å². The Morgan fingerprint density at radius 1 is 0.778 bits per heavy atom. The van der Waals surface area contributed by atoms with Gasteiger partial charge in [-0.2, -0.15) is 11.6 Å². The van der Waals surface area contributed by atoms with E-state index in [0.717, 1.165) is 0 Å². The number of rotatable bonds is 0. The Bertz CT molecular complexity index is 1410. The van der Waals surface area contributed by atoms with E-state index in [4.69, 9.17) is 0 Å². The standard InChI is InChI=1S/C29H37.C10H15.C3H6.2ClH.Zr/c1-21-14-13-15-22-20-27(6)25(4)18-10-9-16-23(25,2)24(3)17-11-12-19-26(24,5)29(27,8)28(21,22)7;1-8-5-6-9(7-8)10(2,3)4;1-3-2;;;/h9-20,22H,1-8H3;6-8H,1-4H3;1-2H3;2*1H;/q2*-1;;;;+2/p-2. The summed E-state index contributed by atoms with van der Waals surface area (Å²) >= 11 is 1.55. The predicted molar refractivity (Wildman–Crippen MR) is 185 cm³/mol. The molecule has 3 heteroatoms. The Morgan fingerprint density at radius 2 is 1.22 bits per heavy atom. The van der Waals surface area contributed by atoms with E-state index in [9.17, 15) is 0 Å². The summed E-state index contributed by atoms with van der Waals surface area (Å²) in [6, 6.07) is 0. The SMILES string of the molecule is CC1=CC=CC2[CH-]C3(C)C4(C)C=CC=CC4(C)C4(C)C=CC=CC4(C)C3(C)C12C.CC1[C-]=CC(C(C)(C)C)=C1.C[C](C)=[Zr+2].[Cl-].[Cl-]. The second-order valence-electron chi connectivity index (χ2n) is 16.7. The van der Waals surface area contributed by atoms with Gasteiger partial charge < -0.3 is 31.2 Å². The van der Waals surface area contributed by atoms with Crippen molar-refractivity contribution >= 4 is 3.21 Å². The van der Waals surface area contributed by atoms with Crippen LogP contribution in [0.15, 0.2) is 90.1 Å². The van der Waals surface area contributed by atoms with Gasteiger partial charge in [0, 0.05) is 10.8 Å². The van der Waals surface area contributed by atoms with Gasteiger partial charge in [0.05, 0.1) is 0 Å². The second-order valence-corrected chi connectivity index (χ2v) is 19.1. The molecule has 6 aliphatic rings. The Kier molecular flexibility index (Phi) is 11.6. The molecule has 2 fully saturated rings. The van der Waals surface area contributed by atoms with Gasteiger partial charge in [0.25, 0.3) is 0 Å². The first-order chi connectivity index (χ1) is 19.6. The van der Waals surface area contributed by atoms with Crippen LogP contribution < -0.4 is 24.8 Å². The van der Waals surface area contributed by atoms with Crippen LogP contribution in [0.1, 0.15) is 96.9 Å². The molecule has 0 aromatic rings. The largest absolute Gasteiger partial charge is 1.00 e. The fraction of sp³-hybridized carbons (Fsp3) is 0.571. The molecule has 0 saturated heterocycles. The molecule has 0 N–H and O–H groups in total. The zero-order chi connectivity index (χ0) is 32.5. The van der Waals surface area contributed by atoms with Crippen molar-refractivity contribution in [3.63, 3.8) is 0 Å². The van der Waals surface area contributed by atoms with Crippen molar-refractivity contribution in [2.75, 3.05) is 0 Å². The summed E-state index contributed by atoms with van der Waals surface area (Å²) in [5, 5.41) is 0. The van der Waals surface area contributed by atoms with Crippen molar-refractivity contribution in [2.45, 2.75) is 96.9 Å². The van der Waals surface area contributed by atoms with Crippen LogP contribution in [0, 0.1) is 67.7 Å². The first-order valence-electron chi connectivity index (χ1n) is 16.4. The first-order valence-corrected chi connectivity index (χ1v) is 17.6. The Morgan fingerprint density at radius 3 is 1.64 bits per heavy atom. The van der Waals surface area contributed by atoms with Gasteiger partial charge in [0.2, 0.25) is 0 Å². The smallest absolute Gasteiger partial charge is 1.00 e. The van der Waals surface area contributed by atoms with Gasteiger partial charge >= 0.3 is 41.3 Å². The summed E-state index contributed by atoms with van der Waals surface area (Å²) in [5.74, 6) is 0.982. The summed E-state index contributed by atoms with van der Waals surface area (Å²) in [6.45, 7) is 33.4. The monoisotopic (exact) mass is 722 g/mol. The van der Waals surface area contributed by atoms with Crippen molar-refractivity contribution in [1.82, 2.24) is 0 Å². The molecule has 6 rings (SSSR count). The van der Waals surface area contributed by atoms with E-state index < -0.39 is 0 Å². The number of allylic oxidation sites excluding steroid dienone is 16. The summed E-state index contributed by atoms with van der Waals surface area (Å²) in [7, 11) is 0. The molecule has 0 aliphatic heterocycles. The quantitative estimate of drug-likeness (QED) is 0.295. The Labute approximate surface area is 305 Å².